The Morgan fingerprint density at radius 1 is 1.04 bits per heavy atom. The third-order valence-electron chi connectivity index (χ3n) is 7.45. The fourth-order valence-corrected chi connectivity index (χ4v) is 4.91. The molecule has 0 spiro atoms. The summed E-state index contributed by atoms with van der Waals surface area (Å²) in [6.45, 7) is 21.0. The molecule has 0 aromatic heterocycles. The molecule has 1 fully saturated rings. The van der Waals surface area contributed by atoms with E-state index in [0.717, 1.165) is 76.1 Å². The normalized spacial score (nSPS) is 15.7. The minimum Gasteiger partial charge on any atom is -0.369 e. The number of halogens is 3. The van der Waals surface area contributed by atoms with Gasteiger partial charge in [-0.2, -0.15) is 13.2 Å². The van der Waals surface area contributed by atoms with Crippen molar-refractivity contribution in [2.24, 2.45) is 16.6 Å². The van der Waals surface area contributed by atoms with Crippen molar-refractivity contribution in [3.05, 3.63) is 156 Å². The number of alkyl halides is 3. The average Bonchev–Trinajstić information content (AvgIpc) is 3.80. The fraction of sp³-hybridized carbons (Fsp3) is 0.300. The first kappa shape index (κ1) is 37.7. The SMILES string of the molecule is C=C/C=C/N=C(/C(=C)CCc1ccc(CC(N)=O)cc1)C(/C=C/C)=C(C)C/C(=C/C1CC1)C/C(C)=C/C=C(\C(=C)C=C)C(F)(F)F. The summed E-state index contributed by atoms with van der Waals surface area (Å²) in [5.74, 6) is 0.132. The van der Waals surface area contributed by atoms with Gasteiger partial charge in [0.1, 0.15) is 0 Å². The molecule has 2 rings (SSSR count). The predicted molar refractivity (Wildman–Crippen MR) is 188 cm³/mol. The molecular weight excluding hydrogens is 581 g/mol. The molecule has 1 saturated carbocycles. The number of carbonyl (C=O) groups is 1. The lowest BCUT2D eigenvalue weighted by molar-refractivity contribution is -0.117. The third kappa shape index (κ3) is 13.3. The summed E-state index contributed by atoms with van der Waals surface area (Å²) in [7, 11) is 0. The lowest BCUT2D eigenvalue weighted by atomic mass is 9.90. The first-order chi connectivity index (χ1) is 21.8. The van der Waals surface area contributed by atoms with E-state index < -0.39 is 11.7 Å². The van der Waals surface area contributed by atoms with E-state index in [4.69, 9.17) is 10.7 Å². The van der Waals surface area contributed by atoms with Crippen LogP contribution in [-0.4, -0.2) is 17.8 Å². The number of rotatable bonds is 18. The van der Waals surface area contributed by atoms with Gasteiger partial charge in [-0.05, 0) is 105 Å². The lowest BCUT2D eigenvalue weighted by Gasteiger charge is -2.17. The van der Waals surface area contributed by atoms with Crippen LogP contribution < -0.4 is 5.73 Å². The van der Waals surface area contributed by atoms with Crippen LogP contribution in [0.3, 0.4) is 0 Å². The maximum Gasteiger partial charge on any atom is 0.416 e. The van der Waals surface area contributed by atoms with Gasteiger partial charge in [0, 0.05) is 6.20 Å². The Morgan fingerprint density at radius 3 is 2.24 bits per heavy atom. The van der Waals surface area contributed by atoms with Crippen LogP contribution in [0.15, 0.2) is 149 Å². The standard InChI is InChI=1S/C40H47F3N2O/c1-8-11-23-45-39(30(6)14-15-32-16-18-34(19-17-32)27-38(44)46)36(12-9-2)31(7)25-35(26-33-20-21-33)24-28(4)13-22-37(29(5)10-3)40(41,42)43/h8-13,16-19,22-23,26,33H,1,3,5-6,14-15,20-21,24-25,27H2,2,4,7H3,(H2,44,46)/b12-9+,23-11+,28-13+,35-26+,36-31?,37-22+,45-39-. The molecule has 0 aliphatic heterocycles. The smallest absolute Gasteiger partial charge is 0.369 e. The molecule has 1 aliphatic carbocycles. The number of nitrogens with two attached hydrogens (primary N) is 1. The summed E-state index contributed by atoms with van der Waals surface area (Å²) in [6.07, 6.45) is 15.7. The van der Waals surface area contributed by atoms with Crippen molar-refractivity contribution in [1.29, 1.82) is 0 Å². The second-order valence-corrected chi connectivity index (χ2v) is 11.6. The maximum atomic E-state index is 13.6. The number of primary amides is 1. The van der Waals surface area contributed by atoms with Crippen LogP contribution in [0.1, 0.15) is 64.0 Å². The molecule has 1 aromatic carbocycles. The molecule has 1 aliphatic rings. The molecule has 0 atom stereocenters. The largest absolute Gasteiger partial charge is 0.416 e. The Morgan fingerprint density at radius 2 is 1.70 bits per heavy atom. The molecule has 0 unspecified atom stereocenters. The zero-order chi connectivity index (χ0) is 34.3. The molecule has 1 amide bonds. The van der Waals surface area contributed by atoms with Crippen molar-refractivity contribution in [1.82, 2.24) is 0 Å². The van der Waals surface area contributed by atoms with Crippen LogP contribution in [0.5, 0.6) is 0 Å². The molecule has 0 saturated heterocycles. The van der Waals surface area contributed by atoms with Crippen LogP contribution in [-0.2, 0) is 17.6 Å². The maximum absolute atomic E-state index is 13.6. The number of amides is 1. The van der Waals surface area contributed by atoms with Crippen LogP contribution in [0, 0.1) is 5.92 Å². The highest BCUT2D eigenvalue weighted by atomic mass is 19.4. The van der Waals surface area contributed by atoms with Crippen molar-refractivity contribution in [2.75, 3.05) is 0 Å². The number of carbonyl (C=O) groups excluding carboxylic acids is 1. The molecule has 46 heavy (non-hydrogen) atoms. The van der Waals surface area contributed by atoms with Crippen LogP contribution in [0.4, 0.5) is 13.2 Å². The number of aliphatic imine (C=N–C) groups is 1. The number of hydrogen-bond donors (Lipinski definition) is 1. The van der Waals surface area contributed by atoms with E-state index in [-0.39, 0.29) is 17.9 Å². The van der Waals surface area contributed by atoms with Crippen LogP contribution in [0.25, 0.3) is 0 Å². The average molecular weight is 629 g/mol. The molecule has 1 aromatic rings. The number of nitrogens with zero attached hydrogens (tertiary/aromatic N) is 1. The van der Waals surface area contributed by atoms with E-state index in [1.165, 1.54) is 6.08 Å². The summed E-state index contributed by atoms with van der Waals surface area (Å²) in [5, 5.41) is 0. The Kier molecular flexibility index (Phi) is 15.2. The van der Waals surface area contributed by atoms with E-state index in [1.807, 2.05) is 50.3 Å². The second-order valence-electron chi connectivity index (χ2n) is 11.6. The zero-order valence-electron chi connectivity index (χ0n) is 27.4. The minimum atomic E-state index is -4.51. The van der Waals surface area contributed by atoms with Crippen molar-refractivity contribution >= 4 is 11.6 Å². The Labute approximate surface area is 273 Å². The third-order valence-corrected chi connectivity index (χ3v) is 7.45. The highest BCUT2D eigenvalue weighted by Crippen LogP contribution is 2.35. The Balaban J connectivity index is 2.39. The van der Waals surface area contributed by atoms with Crippen molar-refractivity contribution in [3.63, 3.8) is 0 Å². The zero-order valence-corrected chi connectivity index (χ0v) is 27.4. The molecule has 244 valence electrons. The van der Waals surface area contributed by atoms with E-state index in [9.17, 15) is 18.0 Å². The molecular formula is C40H47F3N2O. The number of hydrogen-bond acceptors (Lipinski definition) is 2. The summed E-state index contributed by atoms with van der Waals surface area (Å²) in [4.78, 5) is 16.0. The van der Waals surface area contributed by atoms with Gasteiger partial charge in [-0.3, -0.25) is 9.79 Å². The van der Waals surface area contributed by atoms with E-state index in [1.54, 1.807) is 18.4 Å². The van der Waals surface area contributed by atoms with E-state index >= 15 is 0 Å². The molecule has 2 N–H and O–H groups in total. The molecule has 3 nitrogen and oxygen atoms in total. The summed E-state index contributed by atoms with van der Waals surface area (Å²) in [6, 6.07) is 7.83. The van der Waals surface area contributed by atoms with Gasteiger partial charge in [0.2, 0.25) is 5.91 Å². The van der Waals surface area contributed by atoms with Gasteiger partial charge in [-0.25, -0.2) is 0 Å². The highest BCUT2D eigenvalue weighted by Gasteiger charge is 2.34. The highest BCUT2D eigenvalue weighted by molar-refractivity contribution is 6.14. The van der Waals surface area contributed by atoms with Gasteiger partial charge in [0.25, 0.3) is 0 Å². The number of aryl methyl sites for hydroxylation is 1. The summed E-state index contributed by atoms with van der Waals surface area (Å²) >= 11 is 0. The van der Waals surface area contributed by atoms with Gasteiger partial charge < -0.3 is 5.73 Å². The van der Waals surface area contributed by atoms with Gasteiger partial charge in [-0.15, -0.1) is 0 Å². The van der Waals surface area contributed by atoms with Crippen molar-refractivity contribution in [3.8, 4) is 0 Å². The molecule has 0 heterocycles. The van der Waals surface area contributed by atoms with E-state index in [2.05, 4.69) is 39.3 Å². The number of benzene rings is 1. The molecule has 0 radical (unpaired) electrons. The van der Waals surface area contributed by atoms with Crippen LogP contribution >= 0.6 is 0 Å². The molecule has 6 heteroatoms. The van der Waals surface area contributed by atoms with E-state index in [0.29, 0.717) is 25.2 Å². The van der Waals surface area contributed by atoms with Crippen molar-refractivity contribution in [2.45, 2.75) is 71.9 Å². The van der Waals surface area contributed by atoms with Gasteiger partial charge in [-0.1, -0.05) is 104 Å². The summed E-state index contributed by atoms with van der Waals surface area (Å²) in [5.41, 5.74) is 12.0. The Hall–Kier alpha value is -4.45. The Bertz CT molecular complexity index is 1500. The monoisotopic (exact) mass is 628 g/mol. The first-order valence-electron chi connectivity index (χ1n) is 15.5. The minimum absolute atomic E-state index is 0.155. The lowest BCUT2D eigenvalue weighted by Crippen LogP contribution is -2.13. The quantitative estimate of drug-likeness (QED) is 0.0982. The predicted octanol–water partition coefficient (Wildman–Crippen LogP) is 10.5. The fourth-order valence-electron chi connectivity index (χ4n) is 4.91. The van der Waals surface area contributed by atoms with Crippen LogP contribution in [0.2, 0.25) is 0 Å². The second kappa shape index (κ2) is 18.5. The molecule has 0 bridgehead atoms. The number of allylic oxidation sites excluding steroid dienone is 15. The van der Waals surface area contributed by atoms with Crippen molar-refractivity contribution < 1.29 is 18.0 Å². The summed E-state index contributed by atoms with van der Waals surface area (Å²) < 4.78 is 40.7. The van der Waals surface area contributed by atoms with Gasteiger partial charge >= 0.3 is 6.18 Å². The first-order valence-corrected chi connectivity index (χ1v) is 15.5. The van der Waals surface area contributed by atoms with Gasteiger partial charge in [0.05, 0.1) is 17.7 Å². The topological polar surface area (TPSA) is 55.4 Å². The van der Waals surface area contributed by atoms with Gasteiger partial charge in [0.15, 0.2) is 0 Å².